The number of imidazole rings is 1. The number of thioether (sulfide) groups is 1. The molecule has 0 spiro atoms. The van der Waals surface area contributed by atoms with Gasteiger partial charge in [-0.2, -0.15) is 4.31 Å². The van der Waals surface area contributed by atoms with E-state index in [1.54, 1.807) is 23.9 Å². The van der Waals surface area contributed by atoms with Gasteiger partial charge in [0.2, 0.25) is 10.0 Å². The predicted molar refractivity (Wildman–Crippen MR) is 101 cm³/mol. The average Bonchev–Trinajstić information content (AvgIpc) is 2.99. The normalized spacial score (nSPS) is 16.6. The van der Waals surface area contributed by atoms with E-state index in [-0.39, 0.29) is 0 Å². The Morgan fingerprint density at radius 1 is 1.24 bits per heavy atom. The van der Waals surface area contributed by atoms with Crippen LogP contribution in [0.4, 0.5) is 0 Å². The van der Waals surface area contributed by atoms with Gasteiger partial charge >= 0.3 is 0 Å². The van der Waals surface area contributed by atoms with E-state index in [1.165, 1.54) is 4.31 Å². The summed E-state index contributed by atoms with van der Waals surface area (Å²) in [6.07, 6.45) is 2.30. The van der Waals surface area contributed by atoms with Crippen LogP contribution >= 0.6 is 11.8 Å². The number of unbranched alkanes of at least 4 members (excludes halogenated alkanes) is 1. The number of aryl methyl sites for hydroxylation is 1. The number of hydrogen-bond donors (Lipinski definition) is 0. The topological polar surface area (TPSA) is 64.4 Å². The molecule has 1 aliphatic heterocycles. The largest absolute Gasteiger partial charge is 0.379 e. The lowest BCUT2D eigenvalue weighted by Gasteiger charge is -2.26. The van der Waals surface area contributed by atoms with E-state index in [9.17, 15) is 8.42 Å². The molecule has 1 aliphatic rings. The Morgan fingerprint density at radius 2 is 2.00 bits per heavy atom. The van der Waals surface area contributed by atoms with Crippen LogP contribution in [0.15, 0.2) is 28.3 Å². The van der Waals surface area contributed by atoms with Gasteiger partial charge in [-0.3, -0.25) is 0 Å². The van der Waals surface area contributed by atoms with Gasteiger partial charge in [0.1, 0.15) is 0 Å². The lowest BCUT2D eigenvalue weighted by atomic mass is 10.3. The van der Waals surface area contributed by atoms with E-state index in [4.69, 9.17) is 9.72 Å². The molecule has 0 unspecified atom stereocenters. The summed E-state index contributed by atoms with van der Waals surface area (Å²) in [4.78, 5) is 5.01. The van der Waals surface area contributed by atoms with Gasteiger partial charge in [-0.1, -0.05) is 25.1 Å². The van der Waals surface area contributed by atoms with Crippen molar-refractivity contribution in [1.82, 2.24) is 13.9 Å². The first-order chi connectivity index (χ1) is 12.1. The highest BCUT2D eigenvalue weighted by Gasteiger charge is 2.27. The number of sulfonamides is 1. The first-order valence-corrected chi connectivity index (χ1v) is 11.2. The van der Waals surface area contributed by atoms with Crippen LogP contribution in [0.25, 0.3) is 11.0 Å². The zero-order valence-corrected chi connectivity index (χ0v) is 16.4. The van der Waals surface area contributed by atoms with Gasteiger partial charge in [0, 0.05) is 25.4 Å². The monoisotopic (exact) mass is 383 g/mol. The van der Waals surface area contributed by atoms with E-state index in [2.05, 4.69) is 18.4 Å². The van der Waals surface area contributed by atoms with Crippen molar-refractivity contribution in [1.29, 1.82) is 0 Å². The Morgan fingerprint density at radius 3 is 2.68 bits per heavy atom. The molecule has 0 atom stereocenters. The molecule has 0 N–H and O–H groups in total. The number of hydrogen-bond acceptors (Lipinski definition) is 5. The second-order valence-corrected chi connectivity index (χ2v) is 9.01. The van der Waals surface area contributed by atoms with Crippen molar-refractivity contribution in [3.05, 3.63) is 18.2 Å². The molecule has 138 valence electrons. The third kappa shape index (κ3) is 3.86. The molecule has 3 rings (SSSR count). The summed E-state index contributed by atoms with van der Waals surface area (Å²) in [7, 11) is -3.49. The molecule has 0 bridgehead atoms. The molecule has 8 heteroatoms. The molecule has 0 aliphatic carbocycles. The SMILES string of the molecule is CCCCSc1nc2cc(S(=O)(=O)N3CCOCC3)ccc2n1CC. The van der Waals surface area contributed by atoms with Crippen LogP contribution < -0.4 is 0 Å². The molecule has 0 amide bonds. The van der Waals surface area contributed by atoms with Crippen LogP contribution in [0.1, 0.15) is 26.7 Å². The van der Waals surface area contributed by atoms with Gasteiger partial charge in [-0.25, -0.2) is 13.4 Å². The number of benzene rings is 1. The van der Waals surface area contributed by atoms with E-state index in [1.807, 2.05) is 6.07 Å². The molecular weight excluding hydrogens is 358 g/mol. The predicted octanol–water partition coefficient (Wildman–Crippen LogP) is 2.97. The second kappa shape index (κ2) is 8.07. The summed E-state index contributed by atoms with van der Waals surface area (Å²) < 4.78 is 34.6. The Balaban J connectivity index is 1.93. The van der Waals surface area contributed by atoms with Gasteiger partial charge < -0.3 is 9.30 Å². The molecule has 2 heterocycles. The maximum Gasteiger partial charge on any atom is 0.243 e. The lowest BCUT2D eigenvalue weighted by molar-refractivity contribution is 0.0730. The lowest BCUT2D eigenvalue weighted by Crippen LogP contribution is -2.40. The van der Waals surface area contributed by atoms with Crippen LogP contribution in [0.5, 0.6) is 0 Å². The third-order valence-electron chi connectivity index (χ3n) is 4.34. The van der Waals surface area contributed by atoms with Gasteiger partial charge in [-0.15, -0.1) is 0 Å². The van der Waals surface area contributed by atoms with Crippen LogP contribution in [0, 0.1) is 0 Å². The maximum absolute atomic E-state index is 12.8. The molecule has 6 nitrogen and oxygen atoms in total. The average molecular weight is 384 g/mol. The molecule has 2 aromatic rings. The number of morpholine rings is 1. The van der Waals surface area contributed by atoms with Crippen LogP contribution in [-0.2, 0) is 21.3 Å². The Hall–Kier alpha value is -1.09. The Labute approximate surface area is 153 Å². The van der Waals surface area contributed by atoms with Crippen molar-refractivity contribution >= 4 is 32.8 Å². The number of ether oxygens (including phenoxy) is 1. The summed E-state index contributed by atoms with van der Waals surface area (Å²) in [5.41, 5.74) is 1.73. The highest BCUT2D eigenvalue weighted by Crippen LogP contribution is 2.28. The standard InChI is InChI=1S/C17H25N3O3S2/c1-3-5-12-24-17-18-15-13-14(6-7-16(15)20(17)4-2)25(21,22)19-8-10-23-11-9-19/h6-7,13H,3-5,8-12H2,1-2H3. The zero-order valence-electron chi connectivity index (χ0n) is 14.8. The zero-order chi connectivity index (χ0) is 17.9. The van der Waals surface area contributed by atoms with Gasteiger partial charge in [0.25, 0.3) is 0 Å². The van der Waals surface area contributed by atoms with E-state index in [0.29, 0.717) is 31.2 Å². The van der Waals surface area contributed by atoms with Crippen LogP contribution in [-0.4, -0.2) is 54.3 Å². The van der Waals surface area contributed by atoms with Crippen molar-refractivity contribution in [2.45, 2.75) is 43.3 Å². The first kappa shape index (κ1) is 18.7. The summed E-state index contributed by atoms with van der Waals surface area (Å²) in [6, 6.07) is 5.28. The number of nitrogens with zero attached hydrogens (tertiary/aromatic N) is 3. The molecule has 1 aromatic carbocycles. The molecule has 0 saturated carbocycles. The number of fused-ring (bicyclic) bond motifs is 1. The minimum atomic E-state index is -3.49. The minimum Gasteiger partial charge on any atom is -0.379 e. The van der Waals surface area contributed by atoms with Crippen LogP contribution in [0.2, 0.25) is 0 Å². The summed E-state index contributed by atoms with van der Waals surface area (Å²) >= 11 is 1.74. The van der Waals surface area contributed by atoms with Crippen molar-refractivity contribution in [2.75, 3.05) is 32.1 Å². The van der Waals surface area contributed by atoms with Crippen molar-refractivity contribution in [2.24, 2.45) is 0 Å². The Bertz CT molecular complexity index is 827. The molecule has 25 heavy (non-hydrogen) atoms. The summed E-state index contributed by atoms with van der Waals surface area (Å²) in [5, 5.41) is 0.965. The third-order valence-corrected chi connectivity index (χ3v) is 7.30. The van der Waals surface area contributed by atoms with E-state index >= 15 is 0 Å². The van der Waals surface area contributed by atoms with Crippen LogP contribution in [0.3, 0.4) is 0 Å². The van der Waals surface area contributed by atoms with Crippen molar-refractivity contribution in [3.63, 3.8) is 0 Å². The molecule has 1 fully saturated rings. The summed E-state index contributed by atoms with van der Waals surface area (Å²) in [5.74, 6) is 1.03. The molecule has 1 saturated heterocycles. The fourth-order valence-corrected chi connectivity index (χ4v) is 5.50. The number of rotatable bonds is 7. The quantitative estimate of drug-likeness (QED) is 0.543. The van der Waals surface area contributed by atoms with Gasteiger partial charge in [0.15, 0.2) is 5.16 Å². The fourth-order valence-electron chi connectivity index (χ4n) is 2.91. The van der Waals surface area contributed by atoms with E-state index in [0.717, 1.165) is 41.3 Å². The smallest absolute Gasteiger partial charge is 0.243 e. The highest BCUT2D eigenvalue weighted by atomic mass is 32.2. The first-order valence-electron chi connectivity index (χ1n) is 8.79. The molecule has 1 aromatic heterocycles. The minimum absolute atomic E-state index is 0.313. The second-order valence-electron chi connectivity index (χ2n) is 6.01. The molecule has 0 radical (unpaired) electrons. The Kier molecular flexibility index (Phi) is 6.04. The fraction of sp³-hybridized carbons (Fsp3) is 0.588. The van der Waals surface area contributed by atoms with E-state index < -0.39 is 10.0 Å². The van der Waals surface area contributed by atoms with Gasteiger partial charge in [0.05, 0.1) is 29.1 Å². The van der Waals surface area contributed by atoms with Crippen molar-refractivity contribution < 1.29 is 13.2 Å². The van der Waals surface area contributed by atoms with Crippen molar-refractivity contribution in [3.8, 4) is 0 Å². The number of aromatic nitrogens is 2. The van der Waals surface area contributed by atoms with Gasteiger partial charge in [-0.05, 0) is 31.5 Å². The molecular formula is C17H25N3O3S2. The highest BCUT2D eigenvalue weighted by molar-refractivity contribution is 7.99. The maximum atomic E-state index is 12.8. The summed E-state index contributed by atoms with van der Waals surface area (Å²) in [6.45, 7) is 6.79.